The molecule has 1 aliphatic heterocycles. The molecular weight excluding hydrogens is 446 g/mol. The number of hydrogen-bond donors (Lipinski definition) is 3. The average molecular weight is 470 g/mol. The number of rotatable bonds is 6. The standard InChI is InChI=1S/C23H23N3O4S2/c1-14-4-5-16(11-18(14)26-9-2-3-20(26)27)25-23(30)22(29)24-12-17-6-7-19(32-17)21(28)15-8-10-31-13-15/h4-8,10-11,13,21,28H,2-3,9,12H2,1H3,(H,24,29)(H,25,30). The molecule has 0 saturated carbocycles. The molecule has 1 fully saturated rings. The van der Waals surface area contributed by atoms with Crippen molar-refractivity contribution in [1.29, 1.82) is 0 Å². The van der Waals surface area contributed by atoms with Crippen LogP contribution in [0.1, 0.15) is 39.8 Å². The van der Waals surface area contributed by atoms with Crippen molar-refractivity contribution in [2.75, 3.05) is 16.8 Å². The topological polar surface area (TPSA) is 98.7 Å². The van der Waals surface area contributed by atoms with Crippen LogP contribution in [0.2, 0.25) is 0 Å². The van der Waals surface area contributed by atoms with Crippen molar-refractivity contribution in [3.63, 3.8) is 0 Å². The Balaban J connectivity index is 1.34. The Labute approximate surface area is 193 Å². The third-order valence-corrected chi connectivity index (χ3v) is 7.11. The normalized spacial score (nSPS) is 14.4. The van der Waals surface area contributed by atoms with Crippen LogP contribution in [0.25, 0.3) is 0 Å². The predicted molar refractivity (Wildman–Crippen MR) is 126 cm³/mol. The van der Waals surface area contributed by atoms with Crippen molar-refractivity contribution in [3.05, 3.63) is 68.0 Å². The fourth-order valence-electron chi connectivity index (χ4n) is 3.55. The van der Waals surface area contributed by atoms with E-state index in [0.717, 1.165) is 33.0 Å². The van der Waals surface area contributed by atoms with Gasteiger partial charge in [0.15, 0.2) is 0 Å². The van der Waals surface area contributed by atoms with Crippen LogP contribution in [0.4, 0.5) is 11.4 Å². The summed E-state index contributed by atoms with van der Waals surface area (Å²) in [7, 11) is 0. The second-order valence-corrected chi connectivity index (χ2v) is 9.53. The van der Waals surface area contributed by atoms with Crippen molar-refractivity contribution in [2.24, 2.45) is 0 Å². The third-order valence-electron chi connectivity index (χ3n) is 5.27. The maximum Gasteiger partial charge on any atom is 0.313 e. The minimum Gasteiger partial charge on any atom is -0.383 e. The van der Waals surface area contributed by atoms with Crippen molar-refractivity contribution >= 4 is 51.8 Å². The lowest BCUT2D eigenvalue weighted by molar-refractivity contribution is -0.136. The molecule has 1 unspecified atom stereocenters. The number of aliphatic hydroxyl groups is 1. The number of thiophene rings is 2. The molecule has 2 aromatic heterocycles. The van der Waals surface area contributed by atoms with Gasteiger partial charge in [0, 0.05) is 34.1 Å². The summed E-state index contributed by atoms with van der Waals surface area (Å²) in [5.74, 6) is -1.46. The minimum atomic E-state index is -0.775. The van der Waals surface area contributed by atoms with E-state index in [2.05, 4.69) is 10.6 Å². The van der Waals surface area contributed by atoms with E-state index in [9.17, 15) is 19.5 Å². The quantitative estimate of drug-likeness (QED) is 0.481. The van der Waals surface area contributed by atoms with Gasteiger partial charge in [-0.2, -0.15) is 11.3 Å². The highest BCUT2D eigenvalue weighted by atomic mass is 32.1. The van der Waals surface area contributed by atoms with E-state index in [4.69, 9.17) is 0 Å². The van der Waals surface area contributed by atoms with Crippen LogP contribution in [0.15, 0.2) is 47.2 Å². The highest BCUT2D eigenvalue weighted by molar-refractivity contribution is 7.12. The van der Waals surface area contributed by atoms with Gasteiger partial charge in [-0.05, 0) is 65.6 Å². The molecule has 1 atom stereocenters. The van der Waals surface area contributed by atoms with Crippen LogP contribution in [0.5, 0.6) is 0 Å². The number of amides is 3. The number of carbonyl (C=O) groups is 3. The largest absolute Gasteiger partial charge is 0.383 e. The summed E-state index contributed by atoms with van der Waals surface area (Å²) in [5.41, 5.74) is 2.98. The molecule has 0 aliphatic carbocycles. The van der Waals surface area contributed by atoms with Gasteiger partial charge in [-0.25, -0.2) is 0 Å². The number of hydrogen-bond acceptors (Lipinski definition) is 6. The number of carbonyl (C=O) groups excluding carboxylic acids is 3. The molecule has 3 N–H and O–H groups in total. The van der Waals surface area contributed by atoms with Crippen molar-refractivity contribution in [1.82, 2.24) is 5.32 Å². The number of anilines is 2. The minimum absolute atomic E-state index is 0.0637. The maximum absolute atomic E-state index is 12.3. The van der Waals surface area contributed by atoms with E-state index in [0.29, 0.717) is 18.7 Å². The van der Waals surface area contributed by atoms with Gasteiger partial charge in [-0.15, -0.1) is 11.3 Å². The second-order valence-electron chi connectivity index (χ2n) is 7.55. The molecule has 3 heterocycles. The van der Waals surface area contributed by atoms with Crippen molar-refractivity contribution in [2.45, 2.75) is 32.4 Å². The zero-order chi connectivity index (χ0) is 22.7. The van der Waals surface area contributed by atoms with Gasteiger partial charge in [0.1, 0.15) is 6.10 Å². The number of benzene rings is 1. The first kappa shape index (κ1) is 22.2. The molecule has 0 bridgehead atoms. The van der Waals surface area contributed by atoms with E-state index >= 15 is 0 Å². The van der Waals surface area contributed by atoms with Gasteiger partial charge < -0.3 is 20.6 Å². The molecule has 3 amide bonds. The van der Waals surface area contributed by atoms with Gasteiger partial charge in [0.2, 0.25) is 5.91 Å². The molecule has 0 radical (unpaired) electrons. The smallest absolute Gasteiger partial charge is 0.313 e. The summed E-state index contributed by atoms with van der Waals surface area (Å²) >= 11 is 2.91. The number of aryl methyl sites for hydroxylation is 1. The summed E-state index contributed by atoms with van der Waals surface area (Å²) in [6.45, 7) is 2.75. The average Bonchev–Trinajstić information content (AvgIpc) is 3.55. The SMILES string of the molecule is Cc1ccc(NC(=O)C(=O)NCc2ccc(C(O)c3ccsc3)s2)cc1N1CCCC1=O. The van der Waals surface area contributed by atoms with Crippen LogP contribution >= 0.6 is 22.7 Å². The highest BCUT2D eigenvalue weighted by Crippen LogP contribution is 2.30. The zero-order valence-electron chi connectivity index (χ0n) is 17.5. The Morgan fingerprint density at radius 1 is 1.19 bits per heavy atom. The van der Waals surface area contributed by atoms with Gasteiger partial charge in [-0.3, -0.25) is 14.4 Å². The second kappa shape index (κ2) is 9.64. The molecule has 1 aromatic carbocycles. The fourth-order valence-corrected chi connectivity index (χ4v) is 5.19. The summed E-state index contributed by atoms with van der Waals surface area (Å²) in [6, 6.07) is 10.8. The van der Waals surface area contributed by atoms with Crippen LogP contribution in [0.3, 0.4) is 0 Å². The Kier molecular flexibility index (Phi) is 6.69. The Morgan fingerprint density at radius 2 is 2.03 bits per heavy atom. The van der Waals surface area contributed by atoms with Gasteiger partial charge in [0.05, 0.1) is 6.54 Å². The number of aliphatic hydroxyl groups excluding tert-OH is 1. The predicted octanol–water partition coefficient (Wildman–Crippen LogP) is 3.58. The molecule has 0 spiro atoms. The summed E-state index contributed by atoms with van der Waals surface area (Å²) in [6.07, 6.45) is 0.635. The molecule has 3 aromatic rings. The number of nitrogens with one attached hydrogen (secondary N) is 2. The van der Waals surface area contributed by atoms with Gasteiger partial charge in [-0.1, -0.05) is 6.07 Å². The molecule has 32 heavy (non-hydrogen) atoms. The summed E-state index contributed by atoms with van der Waals surface area (Å²) < 4.78 is 0. The van der Waals surface area contributed by atoms with E-state index in [1.54, 1.807) is 17.0 Å². The Hall–Kier alpha value is -3.01. The van der Waals surface area contributed by atoms with Crippen LogP contribution in [-0.2, 0) is 20.9 Å². The van der Waals surface area contributed by atoms with Crippen LogP contribution < -0.4 is 15.5 Å². The van der Waals surface area contributed by atoms with E-state index < -0.39 is 17.9 Å². The molecule has 9 heteroatoms. The first-order valence-corrected chi connectivity index (χ1v) is 12.0. The van der Waals surface area contributed by atoms with E-state index in [1.165, 1.54) is 22.7 Å². The lowest BCUT2D eigenvalue weighted by Crippen LogP contribution is -2.34. The van der Waals surface area contributed by atoms with Crippen LogP contribution in [-0.4, -0.2) is 29.4 Å². The Morgan fingerprint density at radius 3 is 2.75 bits per heavy atom. The van der Waals surface area contributed by atoms with Gasteiger partial charge in [0.25, 0.3) is 0 Å². The van der Waals surface area contributed by atoms with Crippen LogP contribution in [0, 0.1) is 6.92 Å². The highest BCUT2D eigenvalue weighted by Gasteiger charge is 2.24. The summed E-state index contributed by atoms with van der Waals surface area (Å²) in [4.78, 5) is 40.0. The molecular formula is C23H23N3O4S2. The maximum atomic E-state index is 12.3. The molecule has 7 nitrogen and oxygen atoms in total. The molecule has 4 rings (SSSR count). The monoisotopic (exact) mass is 469 g/mol. The summed E-state index contributed by atoms with van der Waals surface area (Å²) in [5, 5.41) is 19.4. The number of nitrogens with zero attached hydrogens (tertiary/aromatic N) is 1. The fraction of sp³-hybridized carbons (Fsp3) is 0.261. The molecule has 1 saturated heterocycles. The lowest BCUT2D eigenvalue weighted by atomic mass is 10.1. The Bertz CT molecular complexity index is 1140. The molecule has 1 aliphatic rings. The zero-order valence-corrected chi connectivity index (χ0v) is 19.1. The van der Waals surface area contributed by atoms with Crippen molar-refractivity contribution < 1.29 is 19.5 Å². The first-order chi connectivity index (χ1) is 15.4. The van der Waals surface area contributed by atoms with Gasteiger partial charge >= 0.3 is 11.8 Å². The van der Waals surface area contributed by atoms with E-state index in [-0.39, 0.29) is 12.5 Å². The first-order valence-electron chi connectivity index (χ1n) is 10.2. The van der Waals surface area contributed by atoms with E-state index in [1.807, 2.05) is 41.9 Å². The molecule has 166 valence electrons. The van der Waals surface area contributed by atoms with Crippen molar-refractivity contribution in [3.8, 4) is 0 Å². The lowest BCUT2D eigenvalue weighted by Gasteiger charge is -2.19. The third kappa shape index (κ3) is 4.90.